The van der Waals surface area contributed by atoms with Crippen LogP contribution in [0.4, 0.5) is 5.69 Å². The topological polar surface area (TPSA) is 109 Å². The van der Waals surface area contributed by atoms with E-state index in [2.05, 4.69) is 48.2 Å². The van der Waals surface area contributed by atoms with Gasteiger partial charge in [0.05, 0.1) is 29.6 Å². The van der Waals surface area contributed by atoms with Gasteiger partial charge in [-0.2, -0.15) is 10.2 Å². The number of benzene rings is 3. The fourth-order valence-corrected chi connectivity index (χ4v) is 7.43. The molecule has 0 aliphatic carbocycles. The van der Waals surface area contributed by atoms with E-state index in [4.69, 9.17) is 5.10 Å². The van der Waals surface area contributed by atoms with Gasteiger partial charge >= 0.3 is 0 Å². The number of anilines is 1. The lowest BCUT2D eigenvalue weighted by Crippen LogP contribution is -2.46. The third kappa shape index (κ3) is 8.16. The van der Waals surface area contributed by atoms with Gasteiger partial charge in [0.15, 0.2) is 5.69 Å². The Morgan fingerprint density at radius 2 is 1.71 bits per heavy atom. The Hall–Kier alpha value is -5.00. The van der Waals surface area contributed by atoms with E-state index in [1.54, 1.807) is 14.3 Å². The van der Waals surface area contributed by atoms with Crippen molar-refractivity contribution in [3.8, 4) is 16.9 Å². The monoisotopic (exact) mass is 701 g/mol. The van der Waals surface area contributed by atoms with Crippen molar-refractivity contribution in [3.05, 3.63) is 113 Å². The Balaban J connectivity index is 1.34. The van der Waals surface area contributed by atoms with Crippen molar-refractivity contribution in [2.75, 3.05) is 24.7 Å². The summed E-state index contributed by atoms with van der Waals surface area (Å²) >= 11 is 0. The summed E-state index contributed by atoms with van der Waals surface area (Å²) in [6.45, 7) is 7.79. The van der Waals surface area contributed by atoms with Crippen LogP contribution >= 0.6 is 0 Å². The number of aliphatic hydroxyl groups is 1. The molecule has 0 bridgehead atoms. The smallest absolute Gasteiger partial charge is 0.274 e. The molecule has 6 rings (SSSR count). The van der Waals surface area contributed by atoms with Gasteiger partial charge < -0.3 is 19.9 Å². The van der Waals surface area contributed by atoms with Gasteiger partial charge in [0.25, 0.3) is 11.8 Å². The molecule has 5 aromatic rings. The predicted octanol–water partition coefficient (Wildman–Crippen LogP) is 5.54. The van der Waals surface area contributed by atoms with E-state index >= 15 is 0 Å². The standard InChI is InChI=1S/C40H47N7O3Si/c1-5-7-19-45(20-8-6-2)40(50)37-22-28(3)47(42-37)38-17-16-32(43-51-34-15-11-14-30(24-34)36-18-21-44(4)41-36)25-35(38)39(49)46-26-31-13-10-9-12-29(31)23-33(46)27-48/h9-18,21-22,24-25,33,43,48H,5-8,19-20,23,26-27H2,1-4H3/t33-/m0/s1. The first-order valence-electron chi connectivity index (χ1n) is 17.9. The largest absolute Gasteiger partial charge is 0.408 e. The molecule has 2 radical (unpaired) electrons. The summed E-state index contributed by atoms with van der Waals surface area (Å²) in [4.78, 5) is 35.6. The Bertz CT molecular complexity index is 1980. The maximum atomic E-state index is 14.7. The lowest BCUT2D eigenvalue weighted by atomic mass is 9.93. The van der Waals surface area contributed by atoms with Crippen molar-refractivity contribution in [3.63, 3.8) is 0 Å². The van der Waals surface area contributed by atoms with Crippen LogP contribution in [0.1, 0.15) is 77.2 Å². The van der Waals surface area contributed by atoms with Crippen LogP contribution in [0.3, 0.4) is 0 Å². The SMILES string of the molecule is CCCCN(CCCC)C(=O)c1cc(C)n(-c2ccc(N[Si]c3cccc(-c4ccn(C)n4)c3)cc2C(=O)N2Cc3ccccc3C[C@H]2CO)n1. The third-order valence-electron chi connectivity index (χ3n) is 9.46. The Kier molecular flexibility index (Phi) is 11.5. The van der Waals surface area contributed by atoms with E-state index in [0.717, 1.165) is 64.6 Å². The first-order chi connectivity index (χ1) is 24.8. The number of fused-ring (bicyclic) bond motifs is 1. The Labute approximate surface area is 303 Å². The lowest BCUT2D eigenvalue weighted by molar-refractivity contribution is 0.0544. The molecule has 10 nitrogen and oxygen atoms in total. The second kappa shape index (κ2) is 16.3. The molecule has 0 unspecified atom stereocenters. The van der Waals surface area contributed by atoms with E-state index in [-0.39, 0.29) is 34.1 Å². The molecule has 0 saturated carbocycles. The van der Waals surface area contributed by atoms with Crippen molar-refractivity contribution in [1.29, 1.82) is 0 Å². The third-order valence-corrected chi connectivity index (χ3v) is 10.5. The van der Waals surface area contributed by atoms with E-state index in [0.29, 0.717) is 43.0 Å². The number of amides is 2. The van der Waals surface area contributed by atoms with Crippen LogP contribution in [0.25, 0.3) is 16.9 Å². The molecule has 1 aliphatic rings. The summed E-state index contributed by atoms with van der Waals surface area (Å²) < 4.78 is 3.51. The van der Waals surface area contributed by atoms with Crippen LogP contribution < -0.4 is 10.2 Å². The molecule has 0 spiro atoms. The zero-order valence-electron chi connectivity index (χ0n) is 30.0. The van der Waals surface area contributed by atoms with Gasteiger partial charge in [-0.15, -0.1) is 0 Å². The summed E-state index contributed by atoms with van der Waals surface area (Å²) in [6, 6.07) is 25.5. The summed E-state index contributed by atoms with van der Waals surface area (Å²) in [5.41, 5.74) is 7.12. The quantitative estimate of drug-likeness (QED) is 0.147. The molecule has 11 heteroatoms. The Morgan fingerprint density at radius 1 is 0.941 bits per heavy atom. The molecule has 51 heavy (non-hydrogen) atoms. The van der Waals surface area contributed by atoms with Crippen molar-refractivity contribution < 1.29 is 14.7 Å². The first-order valence-corrected chi connectivity index (χ1v) is 18.9. The highest BCUT2D eigenvalue weighted by Crippen LogP contribution is 2.29. The minimum absolute atomic E-state index is 0.0907. The molecular weight excluding hydrogens is 655 g/mol. The molecule has 3 heterocycles. The van der Waals surface area contributed by atoms with Gasteiger partial charge in [-0.25, -0.2) is 4.68 Å². The number of aryl methyl sites for hydroxylation is 2. The van der Waals surface area contributed by atoms with E-state index in [1.807, 2.05) is 79.7 Å². The molecule has 1 atom stereocenters. The summed E-state index contributed by atoms with van der Waals surface area (Å²) in [5, 5.41) is 20.9. The average Bonchev–Trinajstić information content (AvgIpc) is 3.78. The highest BCUT2D eigenvalue weighted by molar-refractivity contribution is 6.57. The van der Waals surface area contributed by atoms with Crippen LogP contribution in [0.15, 0.2) is 85.1 Å². The maximum absolute atomic E-state index is 14.7. The molecule has 1 aliphatic heterocycles. The summed E-state index contributed by atoms with van der Waals surface area (Å²) in [6.07, 6.45) is 6.37. The van der Waals surface area contributed by atoms with Gasteiger partial charge in [-0.3, -0.25) is 14.3 Å². The zero-order chi connectivity index (χ0) is 35.9. The molecule has 2 amide bonds. The van der Waals surface area contributed by atoms with Gasteiger partial charge in [0, 0.05) is 49.8 Å². The highest BCUT2D eigenvalue weighted by Gasteiger charge is 2.32. The number of nitrogens with one attached hydrogen (secondary N) is 1. The Morgan fingerprint density at radius 3 is 2.41 bits per heavy atom. The van der Waals surface area contributed by atoms with Gasteiger partial charge in [0.2, 0.25) is 9.68 Å². The predicted molar refractivity (Wildman–Crippen MR) is 203 cm³/mol. The number of aliphatic hydroxyl groups excluding tert-OH is 1. The molecule has 2 N–H and O–H groups in total. The number of hydrogen-bond acceptors (Lipinski definition) is 6. The lowest BCUT2D eigenvalue weighted by Gasteiger charge is -2.36. The van der Waals surface area contributed by atoms with Crippen molar-refractivity contribution >= 4 is 32.4 Å². The number of carbonyl (C=O) groups excluding carboxylic acids is 2. The molecule has 0 saturated heterocycles. The fourth-order valence-electron chi connectivity index (χ4n) is 6.58. The number of nitrogens with zero attached hydrogens (tertiary/aromatic N) is 6. The summed E-state index contributed by atoms with van der Waals surface area (Å²) in [7, 11) is 2.14. The number of unbranched alkanes of at least 4 members (excludes halogenated alkanes) is 2. The van der Waals surface area contributed by atoms with Crippen molar-refractivity contribution in [2.24, 2.45) is 7.05 Å². The van der Waals surface area contributed by atoms with Gasteiger partial charge in [0.1, 0.15) is 0 Å². The second-order valence-electron chi connectivity index (χ2n) is 13.3. The normalized spacial score (nSPS) is 14.0. The van der Waals surface area contributed by atoms with Crippen LogP contribution in [-0.4, -0.2) is 81.7 Å². The average molecular weight is 702 g/mol. The van der Waals surface area contributed by atoms with E-state index in [9.17, 15) is 14.7 Å². The van der Waals surface area contributed by atoms with Crippen LogP contribution in [-0.2, 0) is 20.0 Å². The number of hydrogen-bond donors (Lipinski definition) is 2. The van der Waals surface area contributed by atoms with E-state index < -0.39 is 0 Å². The minimum atomic E-state index is -0.366. The van der Waals surface area contributed by atoms with Crippen molar-refractivity contribution in [2.45, 2.75) is 65.5 Å². The number of rotatable bonds is 14. The highest BCUT2D eigenvalue weighted by atomic mass is 28.2. The zero-order valence-corrected chi connectivity index (χ0v) is 31.0. The van der Waals surface area contributed by atoms with Gasteiger partial charge in [-0.05, 0) is 72.8 Å². The van der Waals surface area contributed by atoms with Gasteiger partial charge in [-0.1, -0.05) is 75.2 Å². The molecule has 0 fully saturated rings. The minimum Gasteiger partial charge on any atom is -0.408 e. The van der Waals surface area contributed by atoms with Crippen LogP contribution in [0, 0.1) is 6.92 Å². The van der Waals surface area contributed by atoms with E-state index in [1.165, 1.54) is 0 Å². The maximum Gasteiger partial charge on any atom is 0.274 e. The molecule has 3 aromatic carbocycles. The van der Waals surface area contributed by atoms with Crippen LogP contribution in [0.2, 0.25) is 0 Å². The number of carbonyl (C=O) groups is 2. The molecular formula is C40H47N7O3Si. The van der Waals surface area contributed by atoms with Crippen molar-refractivity contribution in [1.82, 2.24) is 29.4 Å². The molecule has 264 valence electrons. The summed E-state index contributed by atoms with van der Waals surface area (Å²) in [5.74, 6) is -0.287. The first kappa shape index (κ1) is 35.8. The fraction of sp³-hybridized carbons (Fsp3) is 0.350. The van der Waals surface area contributed by atoms with Crippen LogP contribution in [0.5, 0.6) is 0 Å². The molecule has 2 aromatic heterocycles. The number of aromatic nitrogens is 4. The second-order valence-corrected chi connectivity index (χ2v) is 14.3.